The first-order valence-corrected chi connectivity index (χ1v) is 14.0. The van der Waals surface area contributed by atoms with E-state index < -0.39 is 23.0 Å². The number of primary amides is 1. The van der Waals surface area contributed by atoms with Crippen molar-refractivity contribution in [2.45, 2.75) is 87.5 Å². The summed E-state index contributed by atoms with van der Waals surface area (Å²) < 4.78 is 12.1. The Morgan fingerprint density at radius 1 is 1.00 bits per heavy atom. The molecule has 4 aliphatic carbocycles. The molecule has 8 nitrogen and oxygen atoms in total. The van der Waals surface area contributed by atoms with E-state index in [4.69, 9.17) is 15.2 Å². The molecule has 2 saturated heterocycles. The minimum absolute atomic E-state index is 0.000267. The number of nitrogens with zero attached hydrogens (tertiary/aromatic N) is 2. The topological polar surface area (TPSA) is 115 Å². The molecular weight excluding hydrogens is 482 g/mol. The molecule has 6 bridgehead atoms. The highest BCUT2D eigenvalue weighted by Gasteiger charge is 2.66. The van der Waals surface area contributed by atoms with Gasteiger partial charge in [-0.15, -0.1) is 0 Å². The van der Waals surface area contributed by atoms with Gasteiger partial charge in [0.25, 0.3) is 0 Å². The number of hydrogen-bond donors (Lipinski definition) is 2. The van der Waals surface area contributed by atoms with E-state index >= 15 is 0 Å². The number of amides is 2. The van der Waals surface area contributed by atoms with Crippen LogP contribution in [0.2, 0.25) is 0 Å². The number of pyridine rings is 1. The lowest BCUT2D eigenvalue weighted by Crippen LogP contribution is -2.68. The predicted molar refractivity (Wildman–Crippen MR) is 138 cm³/mol. The van der Waals surface area contributed by atoms with E-state index in [0.717, 1.165) is 44.3 Å². The lowest BCUT2D eigenvalue weighted by molar-refractivity contribution is -0.219. The summed E-state index contributed by atoms with van der Waals surface area (Å²) in [5.74, 6) is 1.53. The predicted octanol–water partition coefficient (Wildman–Crippen LogP) is 4.52. The number of fused-ring (bicyclic) bond motifs is 2. The van der Waals surface area contributed by atoms with Crippen molar-refractivity contribution in [1.29, 1.82) is 0 Å². The van der Waals surface area contributed by atoms with Crippen molar-refractivity contribution in [3.05, 3.63) is 54.2 Å². The van der Waals surface area contributed by atoms with Crippen molar-refractivity contribution < 1.29 is 24.2 Å². The van der Waals surface area contributed by atoms with E-state index in [1.54, 1.807) is 6.20 Å². The third-order valence-corrected chi connectivity index (χ3v) is 10.1. The normalized spacial score (nSPS) is 38.7. The van der Waals surface area contributed by atoms with Gasteiger partial charge in [0, 0.05) is 30.3 Å². The molecule has 2 aliphatic heterocycles. The van der Waals surface area contributed by atoms with Crippen molar-refractivity contribution in [1.82, 2.24) is 9.88 Å². The van der Waals surface area contributed by atoms with Crippen LogP contribution in [0.4, 0.5) is 4.79 Å². The number of piperidine rings is 1. The van der Waals surface area contributed by atoms with E-state index in [0.29, 0.717) is 31.1 Å². The number of aliphatic hydroxyl groups is 1. The Hall–Kier alpha value is -3.13. The van der Waals surface area contributed by atoms with Crippen LogP contribution in [0.3, 0.4) is 0 Å². The molecule has 2 amide bonds. The van der Waals surface area contributed by atoms with Gasteiger partial charge in [-0.25, -0.2) is 9.78 Å². The summed E-state index contributed by atoms with van der Waals surface area (Å²) in [5.41, 5.74) is 5.40. The number of hydrogen-bond acceptors (Lipinski definition) is 6. The molecule has 3 heterocycles. The van der Waals surface area contributed by atoms with E-state index in [9.17, 15) is 14.7 Å². The van der Waals surface area contributed by atoms with Crippen molar-refractivity contribution in [3.8, 4) is 11.6 Å². The summed E-state index contributed by atoms with van der Waals surface area (Å²) >= 11 is 0. The molecule has 3 N–H and O–H groups in total. The molecule has 8 rings (SSSR count). The molecule has 38 heavy (non-hydrogen) atoms. The van der Waals surface area contributed by atoms with Crippen LogP contribution in [0.5, 0.6) is 11.6 Å². The van der Waals surface area contributed by atoms with Crippen LogP contribution in [0.25, 0.3) is 0 Å². The number of rotatable bonds is 5. The zero-order chi connectivity index (χ0) is 26.1. The van der Waals surface area contributed by atoms with Crippen LogP contribution in [-0.4, -0.2) is 50.8 Å². The van der Waals surface area contributed by atoms with Crippen LogP contribution in [0.1, 0.15) is 69.3 Å². The summed E-state index contributed by atoms with van der Waals surface area (Å²) in [6, 6.07) is 14.0. The average molecular weight is 518 g/mol. The van der Waals surface area contributed by atoms with Gasteiger partial charge in [0.2, 0.25) is 11.8 Å². The molecule has 0 spiro atoms. The fourth-order valence-electron chi connectivity index (χ4n) is 8.87. The molecule has 2 aromatic rings. The SMILES string of the molecule is NC(=O)C12CC3CC(CC(O)(C3)C1)C2OC(=O)N1C2CCC1CC(c1ccc(Oc3ccccn3)cc1)C2. The second kappa shape index (κ2) is 8.70. The second-order valence-electron chi connectivity index (χ2n) is 12.5. The first-order chi connectivity index (χ1) is 18.3. The van der Waals surface area contributed by atoms with Gasteiger partial charge in [0.05, 0.1) is 11.0 Å². The van der Waals surface area contributed by atoms with Crippen LogP contribution in [-0.2, 0) is 9.53 Å². The molecule has 8 heteroatoms. The van der Waals surface area contributed by atoms with Gasteiger partial charge in [0.1, 0.15) is 11.9 Å². The number of nitrogens with two attached hydrogens (primary N) is 1. The Morgan fingerprint density at radius 2 is 1.76 bits per heavy atom. The van der Waals surface area contributed by atoms with Crippen LogP contribution in [0, 0.1) is 17.3 Å². The van der Waals surface area contributed by atoms with Gasteiger partial charge in [-0.05, 0) is 93.4 Å². The Kier molecular flexibility index (Phi) is 5.48. The molecule has 7 atom stereocenters. The molecule has 1 aromatic carbocycles. The highest BCUT2D eigenvalue weighted by atomic mass is 16.6. The largest absolute Gasteiger partial charge is 0.445 e. The zero-order valence-corrected chi connectivity index (χ0v) is 21.5. The third-order valence-electron chi connectivity index (χ3n) is 10.1. The highest BCUT2D eigenvalue weighted by Crippen LogP contribution is 2.62. The Morgan fingerprint density at radius 3 is 2.42 bits per heavy atom. The van der Waals surface area contributed by atoms with E-state index in [1.165, 1.54) is 5.56 Å². The third kappa shape index (κ3) is 3.87. The smallest absolute Gasteiger partial charge is 0.410 e. The summed E-state index contributed by atoms with van der Waals surface area (Å²) in [4.78, 5) is 32.5. The number of carbonyl (C=O) groups excluding carboxylic acids is 2. The Balaban J connectivity index is 1.03. The van der Waals surface area contributed by atoms with E-state index in [-0.39, 0.29) is 30.0 Å². The zero-order valence-electron chi connectivity index (χ0n) is 21.5. The van der Waals surface area contributed by atoms with Crippen molar-refractivity contribution >= 4 is 12.0 Å². The molecule has 4 saturated carbocycles. The molecule has 7 unspecified atom stereocenters. The minimum atomic E-state index is -0.940. The minimum Gasteiger partial charge on any atom is -0.445 e. The molecule has 200 valence electrons. The van der Waals surface area contributed by atoms with Crippen LogP contribution >= 0.6 is 0 Å². The lowest BCUT2D eigenvalue weighted by atomic mass is 9.46. The van der Waals surface area contributed by atoms with Crippen LogP contribution in [0.15, 0.2) is 48.7 Å². The number of carbonyl (C=O) groups is 2. The summed E-state index contributed by atoms with van der Waals surface area (Å²) in [7, 11) is 0. The van der Waals surface area contributed by atoms with E-state index in [2.05, 4.69) is 17.1 Å². The Bertz CT molecular complexity index is 1220. The summed E-state index contributed by atoms with van der Waals surface area (Å²) in [5, 5.41) is 11.1. The van der Waals surface area contributed by atoms with Gasteiger partial charge in [-0.3, -0.25) is 4.79 Å². The standard InChI is InChI=1S/C30H35N3O5/c31-27(34)30-15-18-11-21(16-29(36,14-18)17-30)26(30)38-28(35)33-22-6-7-23(33)13-20(12-22)19-4-8-24(9-5-19)37-25-3-1-2-10-32-25/h1-5,8-10,18,20-23,26,36H,6-7,11-17H2,(H2,31,34). The van der Waals surface area contributed by atoms with E-state index in [1.807, 2.05) is 35.2 Å². The monoisotopic (exact) mass is 517 g/mol. The average Bonchev–Trinajstić information content (AvgIpc) is 3.15. The maximum absolute atomic E-state index is 13.6. The summed E-state index contributed by atoms with van der Waals surface area (Å²) in [6.45, 7) is 0. The Labute approximate surface area is 222 Å². The number of benzene rings is 1. The molecule has 0 radical (unpaired) electrons. The summed E-state index contributed by atoms with van der Waals surface area (Å²) in [6.07, 6.45) is 7.73. The van der Waals surface area contributed by atoms with Gasteiger partial charge < -0.3 is 25.2 Å². The second-order valence-corrected chi connectivity index (χ2v) is 12.5. The molecular formula is C30H35N3O5. The van der Waals surface area contributed by atoms with Crippen molar-refractivity contribution in [2.75, 3.05) is 0 Å². The molecule has 6 fully saturated rings. The highest BCUT2D eigenvalue weighted by molar-refractivity contribution is 5.83. The first-order valence-electron chi connectivity index (χ1n) is 14.0. The van der Waals surface area contributed by atoms with Gasteiger partial charge in [-0.2, -0.15) is 0 Å². The van der Waals surface area contributed by atoms with Gasteiger partial charge in [0.15, 0.2) is 0 Å². The first kappa shape index (κ1) is 23.9. The van der Waals surface area contributed by atoms with Crippen molar-refractivity contribution in [2.24, 2.45) is 23.0 Å². The molecule has 6 aliphatic rings. The quantitative estimate of drug-likeness (QED) is 0.603. The fraction of sp³-hybridized carbons (Fsp3) is 0.567. The number of ether oxygens (including phenoxy) is 2. The van der Waals surface area contributed by atoms with Crippen LogP contribution < -0.4 is 10.5 Å². The molecule has 1 aromatic heterocycles. The number of aromatic nitrogens is 1. The van der Waals surface area contributed by atoms with Gasteiger partial charge >= 0.3 is 6.09 Å². The maximum atomic E-state index is 13.6. The fourth-order valence-corrected chi connectivity index (χ4v) is 8.87. The van der Waals surface area contributed by atoms with Gasteiger partial charge in [-0.1, -0.05) is 18.2 Å². The van der Waals surface area contributed by atoms with Crippen molar-refractivity contribution in [3.63, 3.8) is 0 Å². The maximum Gasteiger partial charge on any atom is 0.410 e. The lowest BCUT2D eigenvalue weighted by Gasteiger charge is -2.61.